The average Bonchev–Trinajstić information content (AvgIpc) is 2.95. The van der Waals surface area contributed by atoms with Crippen molar-refractivity contribution in [2.75, 3.05) is 0 Å². The molecule has 4 aromatic rings. The Labute approximate surface area is 230 Å². The van der Waals surface area contributed by atoms with Crippen molar-refractivity contribution in [3.05, 3.63) is 99.9 Å². The zero-order valence-electron chi connectivity index (χ0n) is 21.8. The van der Waals surface area contributed by atoms with Crippen molar-refractivity contribution < 1.29 is 22.3 Å². The SMILES string of the molecule is CCCCc1nc(O)c(S(=O)(=O)c2ccc(-c3ccnc(F)c3F)cc2)c(=O)n1[C@@H](CC)c1cccc(C#N)c1. The standard InChI is InChI=1S/C29H26F2N4O4S/c1-3-5-9-24-34-28(36)26(29(37)35(24)23(4-2)20-8-6-7-18(16-20)17-32)40(38,39)21-12-10-19(11-13-21)22-14-15-33-27(31)25(22)30/h6-8,10-16,23,36H,3-5,9H2,1-2H3/t23-/m0/s1. The maximum Gasteiger partial charge on any atom is 0.277 e. The number of nitrogens with zero attached hydrogens (tertiary/aromatic N) is 4. The van der Waals surface area contributed by atoms with Gasteiger partial charge in [0.15, 0.2) is 10.7 Å². The fraction of sp³-hybridized carbons (Fsp3) is 0.241. The molecule has 1 atom stereocenters. The number of rotatable bonds is 9. The van der Waals surface area contributed by atoms with E-state index in [4.69, 9.17) is 0 Å². The number of aromatic nitrogens is 3. The topological polar surface area (TPSA) is 126 Å². The van der Waals surface area contributed by atoms with E-state index in [1.165, 1.54) is 22.8 Å². The van der Waals surface area contributed by atoms with E-state index in [2.05, 4.69) is 16.0 Å². The molecule has 2 heterocycles. The van der Waals surface area contributed by atoms with Crippen molar-refractivity contribution >= 4 is 9.84 Å². The zero-order valence-corrected chi connectivity index (χ0v) is 22.6. The maximum atomic E-state index is 14.2. The summed E-state index contributed by atoms with van der Waals surface area (Å²) < 4.78 is 56.4. The second kappa shape index (κ2) is 11.8. The smallest absolute Gasteiger partial charge is 0.277 e. The van der Waals surface area contributed by atoms with Crippen molar-refractivity contribution in [2.24, 2.45) is 0 Å². The van der Waals surface area contributed by atoms with Crippen LogP contribution in [0, 0.1) is 23.1 Å². The van der Waals surface area contributed by atoms with Gasteiger partial charge in [-0.1, -0.05) is 44.5 Å². The summed E-state index contributed by atoms with van der Waals surface area (Å²) in [5, 5.41) is 20.1. The molecule has 2 aromatic carbocycles. The first kappa shape index (κ1) is 28.6. The molecule has 1 N–H and O–H groups in total. The summed E-state index contributed by atoms with van der Waals surface area (Å²) in [5.41, 5.74) is 0.126. The van der Waals surface area contributed by atoms with E-state index >= 15 is 0 Å². The summed E-state index contributed by atoms with van der Waals surface area (Å²) in [6.07, 6.45) is 3.19. The molecule has 0 spiro atoms. The summed E-state index contributed by atoms with van der Waals surface area (Å²) in [4.78, 5) is 20.1. The van der Waals surface area contributed by atoms with Crippen LogP contribution in [0.4, 0.5) is 8.78 Å². The van der Waals surface area contributed by atoms with Crippen LogP contribution in [0.15, 0.2) is 75.4 Å². The van der Waals surface area contributed by atoms with Gasteiger partial charge in [0.2, 0.25) is 21.7 Å². The molecule has 0 bridgehead atoms. The van der Waals surface area contributed by atoms with Gasteiger partial charge >= 0.3 is 0 Å². The Morgan fingerprint density at radius 2 is 1.82 bits per heavy atom. The molecule has 0 radical (unpaired) electrons. The van der Waals surface area contributed by atoms with E-state index in [1.807, 2.05) is 13.8 Å². The van der Waals surface area contributed by atoms with Crippen LogP contribution in [0.25, 0.3) is 11.1 Å². The number of hydrogen-bond donors (Lipinski definition) is 1. The van der Waals surface area contributed by atoms with Gasteiger partial charge in [-0.05, 0) is 54.3 Å². The Morgan fingerprint density at radius 3 is 2.48 bits per heavy atom. The quantitative estimate of drug-likeness (QED) is 0.272. The average molecular weight is 565 g/mol. The molecule has 40 heavy (non-hydrogen) atoms. The predicted molar refractivity (Wildman–Crippen MR) is 143 cm³/mol. The van der Waals surface area contributed by atoms with Crippen LogP contribution in [-0.4, -0.2) is 28.1 Å². The van der Waals surface area contributed by atoms with Crippen LogP contribution in [0.2, 0.25) is 0 Å². The first-order chi connectivity index (χ1) is 19.1. The molecular weight excluding hydrogens is 538 g/mol. The number of nitriles is 1. The Morgan fingerprint density at radius 1 is 1.10 bits per heavy atom. The normalized spacial score (nSPS) is 12.2. The third-order valence-electron chi connectivity index (χ3n) is 6.57. The highest BCUT2D eigenvalue weighted by atomic mass is 32.2. The largest absolute Gasteiger partial charge is 0.492 e. The molecule has 0 saturated carbocycles. The minimum absolute atomic E-state index is 0.117. The summed E-state index contributed by atoms with van der Waals surface area (Å²) >= 11 is 0. The molecule has 8 nitrogen and oxygen atoms in total. The van der Waals surface area contributed by atoms with Crippen molar-refractivity contribution in [2.45, 2.75) is 55.4 Å². The second-order valence-electron chi connectivity index (χ2n) is 9.11. The lowest BCUT2D eigenvalue weighted by atomic mass is 10.0. The third kappa shape index (κ3) is 5.35. The minimum Gasteiger partial charge on any atom is -0.492 e. The van der Waals surface area contributed by atoms with Crippen LogP contribution in [-0.2, 0) is 16.3 Å². The van der Waals surface area contributed by atoms with E-state index < -0.39 is 44.0 Å². The molecule has 4 rings (SSSR count). The number of halogens is 2. The first-order valence-corrected chi connectivity index (χ1v) is 14.1. The third-order valence-corrected chi connectivity index (χ3v) is 8.36. The fourth-order valence-corrected chi connectivity index (χ4v) is 5.92. The van der Waals surface area contributed by atoms with E-state index in [-0.39, 0.29) is 21.8 Å². The van der Waals surface area contributed by atoms with Crippen LogP contribution in [0.5, 0.6) is 5.88 Å². The fourth-order valence-electron chi connectivity index (χ4n) is 4.57. The molecule has 0 amide bonds. The number of benzene rings is 2. The van der Waals surface area contributed by atoms with Crippen LogP contribution < -0.4 is 5.56 Å². The monoisotopic (exact) mass is 564 g/mol. The first-order valence-electron chi connectivity index (χ1n) is 12.6. The van der Waals surface area contributed by atoms with Gasteiger partial charge < -0.3 is 5.11 Å². The molecule has 0 aliphatic carbocycles. The number of pyridine rings is 1. The highest BCUT2D eigenvalue weighted by Gasteiger charge is 2.31. The van der Waals surface area contributed by atoms with Crippen LogP contribution >= 0.6 is 0 Å². The van der Waals surface area contributed by atoms with Crippen molar-refractivity contribution in [3.8, 4) is 23.1 Å². The molecular formula is C29H26F2N4O4S. The molecule has 0 unspecified atom stereocenters. The molecule has 0 saturated heterocycles. The molecule has 2 aromatic heterocycles. The van der Waals surface area contributed by atoms with Gasteiger partial charge in [0.25, 0.3) is 5.56 Å². The van der Waals surface area contributed by atoms with Gasteiger partial charge in [0, 0.05) is 18.2 Å². The Balaban J connectivity index is 1.88. The van der Waals surface area contributed by atoms with Crippen molar-refractivity contribution in [1.82, 2.24) is 14.5 Å². The van der Waals surface area contributed by atoms with Crippen molar-refractivity contribution in [1.29, 1.82) is 5.26 Å². The Hall–Kier alpha value is -4.43. The highest BCUT2D eigenvalue weighted by molar-refractivity contribution is 7.91. The lowest BCUT2D eigenvalue weighted by molar-refractivity contribution is 0.406. The van der Waals surface area contributed by atoms with Gasteiger partial charge in [-0.15, -0.1) is 0 Å². The van der Waals surface area contributed by atoms with Gasteiger partial charge in [-0.2, -0.15) is 14.6 Å². The van der Waals surface area contributed by atoms with E-state index in [0.717, 1.165) is 24.8 Å². The van der Waals surface area contributed by atoms with Crippen LogP contribution in [0.1, 0.15) is 56.1 Å². The number of aromatic hydroxyl groups is 1. The van der Waals surface area contributed by atoms with Gasteiger partial charge in [-0.3, -0.25) is 9.36 Å². The summed E-state index contributed by atoms with van der Waals surface area (Å²) in [7, 11) is -4.59. The zero-order chi connectivity index (χ0) is 29.0. The number of sulfone groups is 1. The van der Waals surface area contributed by atoms with E-state index in [1.54, 1.807) is 24.3 Å². The Kier molecular flexibility index (Phi) is 8.40. The molecule has 0 aliphatic rings. The molecule has 206 valence electrons. The van der Waals surface area contributed by atoms with Crippen LogP contribution in [0.3, 0.4) is 0 Å². The van der Waals surface area contributed by atoms with Gasteiger partial charge in [-0.25, -0.2) is 17.8 Å². The predicted octanol–water partition coefficient (Wildman–Crippen LogP) is 5.34. The lowest BCUT2D eigenvalue weighted by Crippen LogP contribution is -2.33. The van der Waals surface area contributed by atoms with Gasteiger partial charge in [0.05, 0.1) is 22.6 Å². The molecule has 0 aliphatic heterocycles. The van der Waals surface area contributed by atoms with E-state index in [9.17, 15) is 32.4 Å². The number of aryl methyl sites for hydroxylation is 1. The summed E-state index contributed by atoms with van der Waals surface area (Å²) in [6.45, 7) is 3.77. The van der Waals surface area contributed by atoms with Gasteiger partial charge in [0.1, 0.15) is 5.82 Å². The highest BCUT2D eigenvalue weighted by Crippen LogP contribution is 2.31. The number of hydrogen-bond acceptors (Lipinski definition) is 7. The summed E-state index contributed by atoms with van der Waals surface area (Å²) in [6, 6.07) is 14.2. The molecule has 11 heteroatoms. The maximum absolute atomic E-state index is 14.2. The van der Waals surface area contributed by atoms with E-state index in [0.29, 0.717) is 30.4 Å². The summed E-state index contributed by atoms with van der Waals surface area (Å²) in [5.74, 6) is -3.17. The second-order valence-corrected chi connectivity index (χ2v) is 11.0. The minimum atomic E-state index is -4.59. The Bertz CT molecular complexity index is 1760. The molecule has 0 fully saturated rings. The van der Waals surface area contributed by atoms with Crippen molar-refractivity contribution in [3.63, 3.8) is 0 Å². The number of unbranched alkanes of at least 4 members (excludes halogenated alkanes) is 1. The lowest BCUT2D eigenvalue weighted by Gasteiger charge is -2.23.